The van der Waals surface area contributed by atoms with E-state index < -0.39 is 17.9 Å². The molecular weight excluding hydrogens is 359 g/mol. The van der Waals surface area contributed by atoms with Crippen molar-refractivity contribution < 1.29 is 18.7 Å². The van der Waals surface area contributed by atoms with Gasteiger partial charge in [0.25, 0.3) is 5.56 Å². The second-order valence-corrected chi connectivity index (χ2v) is 7.01. The van der Waals surface area contributed by atoms with E-state index in [1.807, 2.05) is 13.8 Å². The third kappa shape index (κ3) is 3.20. The molecule has 0 saturated carbocycles. The minimum Gasteiger partial charge on any atom is -0.497 e. The predicted octanol–water partition coefficient (Wildman–Crippen LogP) is 3.67. The maximum Gasteiger partial charge on any atom is 0.341 e. The molecule has 0 amide bonds. The molecule has 1 N–H and O–H groups in total. The highest BCUT2D eigenvalue weighted by atomic mass is 32.1. The normalized spacial score (nSPS) is 12.2. The number of nitrogens with zero attached hydrogens (tertiary/aromatic N) is 1. The second kappa shape index (κ2) is 6.87. The van der Waals surface area contributed by atoms with Crippen LogP contribution >= 0.6 is 11.3 Å². The summed E-state index contributed by atoms with van der Waals surface area (Å²) in [5.41, 5.74) is 0.379. The number of hydrogen-bond donors (Lipinski definition) is 1. The van der Waals surface area contributed by atoms with Gasteiger partial charge in [-0.25, -0.2) is 14.2 Å². The molecule has 0 aliphatic heterocycles. The molecule has 1 atom stereocenters. The number of esters is 1. The van der Waals surface area contributed by atoms with Gasteiger partial charge in [0.15, 0.2) is 11.9 Å². The lowest BCUT2D eigenvalue weighted by atomic mass is 10.2. The smallest absolute Gasteiger partial charge is 0.341 e. The lowest BCUT2D eigenvalue weighted by Gasteiger charge is -2.13. The largest absolute Gasteiger partial charge is 0.497 e. The number of carbonyl (C=O) groups excluding carboxylic acids is 1. The Balaban J connectivity index is 1.88. The fourth-order valence-electron chi connectivity index (χ4n) is 2.53. The number of thiophene rings is 1. The van der Waals surface area contributed by atoms with Crippen LogP contribution in [0.1, 0.15) is 39.7 Å². The molecule has 3 rings (SSSR count). The van der Waals surface area contributed by atoms with Crippen LogP contribution in [0.25, 0.3) is 10.2 Å². The van der Waals surface area contributed by atoms with Crippen molar-refractivity contribution in [2.24, 2.45) is 0 Å². The summed E-state index contributed by atoms with van der Waals surface area (Å²) < 4.78 is 24.2. The van der Waals surface area contributed by atoms with Gasteiger partial charge in [-0.2, -0.15) is 0 Å². The third-order valence-corrected chi connectivity index (χ3v) is 5.22. The fourth-order valence-corrected chi connectivity index (χ4v) is 3.57. The van der Waals surface area contributed by atoms with Gasteiger partial charge in [0.05, 0.1) is 18.1 Å². The van der Waals surface area contributed by atoms with Gasteiger partial charge < -0.3 is 14.5 Å². The van der Waals surface area contributed by atoms with E-state index in [0.29, 0.717) is 16.0 Å². The predicted molar refractivity (Wildman–Crippen MR) is 96.5 cm³/mol. The molecule has 0 saturated heterocycles. The van der Waals surface area contributed by atoms with E-state index in [1.54, 1.807) is 6.92 Å². The van der Waals surface area contributed by atoms with Gasteiger partial charge in [0.1, 0.15) is 16.4 Å². The Morgan fingerprint density at radius 3 is 2.73 bits per heavy atom. The van der Waals surface area contributed by atoms with E-state index in [4.69, 9.17) is 9.47 Å². The van der Waals surface area contributed by atoms with Gasteiger partial charge in [0, 0.05) is 10.9 Å². The minimum absolute atomic E-state index is 0.214. The number of aromatic nitrogens is 2. The molecule has 0 bridgehead atoms. The molecule has 6 nitrogen and oxygen atoms in total. The van der Waals surface area contributed by atoms with E-state index >= 15 is 0 Å². The summed E-state index contributed by atoms with van der Waals surface area (Å²) in [7, 11) is 1.40. The van der Waals surface area contributed by atoms with Crippen molar-refractivity contribution in [3.63, 3.8) is 0 Å². The average Bonchev–Trinajstić information content (AvgIpc) is 2.89. The van der Waals surface area contributed by atoms with Crippen LogP contribution in [0.3, 0.4) is 0 Å². The van der Waals surface area contributed by atoms with Crippen molar-refractivity contribution in [2.45, 2.75) is 26.9 Å². The van der Waals surface area contributed by atoms with Crippen LogP contribution in [-0.2, 0) is 4.74 Å². The highest BCUT2D eigenvalue weighted by Gasteiger charge is 2.21. The first-order valence-electron chi connectivity index (χ1n) is 7.86. The van der Waals surface area contributed by atoms with E-state index in [2.05, 4.69) is 9.97 Å². The fraction of sp³-hybridized carbons (Fsp3) is 0.278. The maximum absolute atomic E-state index is 14.0. The van der Waals surface area contributed by atoms with Crippen LogP contribution < -0.4 is 10.3 Å². The topological polar surface area (TPSA) is 81.3 Å². The van der Waals surface area contributed by atoms with Crippen LogP contribution in [0.5, 0.6) is 5.75 Å². The summed E-state index contributed by atoms with van der Waals surface area (Å²) in [5.74, 6) is -1.08. The molecule has 0 fully saturated rings. The highest BCUT2D eigenvalue weighted by molar-refractivity contribution is 7.18. The summed E-state index contributed by atoms with van der Waals surface area (Å²) in [4.78, 5) is 33.2. The summed E-state index contributed by atoms with van der Waals surface area (Å²) in [6, 6.07) is 3.85. The molecule has 2 heterocycles. The zero-order valence-electron chi connectivity index (χ0n) is 14.7. The van der Waals surface area contributed by atoms with Crippen molar-refractivity contribution in [1.29, 1.82) is 0 Å². The van der Waals surface area contributed by atoms with Gasteiger partial charge in [-0.05, 0) is 38.5 Å². The number of benzene rings is 1. The molecule has 8 heteroatoms. The van der Waals surface area contributed by atoms with Crippen molar-refractivity contribution >= 4 is 27.5 Å². The highest BCUT2D eigenvalue weighted by Crippen LogP contribution is 2.27. The molecule has 0 aliphatic rings. The van der Waals surface area contributed by atoms with Crippen LogP contribution in [0.15, 0.2) is 23.0 Å². The standard InChI is InChI=1S/C18H17FN2O4S/c1-8-10(3)26-17-14(8)16(22)20-15(21-17)9(2)25-18(23)12-6-5-11(24-4)7-13(12)19/h5-7,9H,1-4H3,(H,20,21,22)/t9-/m1/s1. The van der Waals surface area contributed by atoms with E-state index in [0.717, 1.165) is 16.5 Å². The number of carbonyl (C=O) groups is 1. The Morgan fingerprint density at radius 1 is 1.35 bits per heavy atom. The summed E-state index contributed by atoms with van der Waals surface area (Å²) in [6.07, 6.45) is -0.844. The Hall–Kier alpha value is -2.74. The van der Waals surface area contributed by atoms with Crippen LogP contribution in [0, 0.1) is 19.7 Å². The van der Waals surface area contributed by atoms with Crippen LogP contribution in [0.4, 0.5) is 4.39 Å². The number of hydrogen-bond acceptors (Lipinski definition) is 6. The number of aryl methyl sites for hydroxylation is 2. The van der Waals surface area contributed by atoms with Crippen molar-refractivity contribution in [3.05, 3.63) is 56.2 Å². The van der Waals surface area contributed by atoms with Gasteiger partial charge in [-0.3, -0.25) is 4.79 Å². The number of fused-ring (bicyclic) bond motifs is 1. The molecule has 0 unspecified atom stereocenters. The number of aromatic amines is 1. The summed E-state index contributed by atoms with van der Waals surface area (Å²) in [5, 5.41) is 0.538. The number of methoxy groups -OCH3 is 1. The van der Waals surface area contributed by atoms with Gasteiger partial charge in [-0.1, -0.05) is 0 Å². The molecule has 0 spiro atoms. The number of nitrogens with one attached hydrogen (secondary N) is 1. The molecule has 2 aromatic heterocycles. The van der Waals surface area contributed by atoms with Gasteiger partial charge in [0.2, 0.25) is 0 Å². The first kappa shape index (κ1) is 18.1. The average molecular weight is 376 g/mol. The minimum atomic E-state index is -0.848. The van der Waals surface area contributed by atoms with Crippen LogP contribution in [0.2, 0.25) is 0 Å². The monoisotopic (exact) mass is 376 g/mol. The van der Waals surface area contributed by atoms with E-state index in [-0.39, 0.29) is 16.9 Å². The lowest BCUT2D eigenvalue weighted by Crippen LogP contribution is -2.17. The molecule has 1 aromatic carbocycles. The number of ether oxygens (including phenoxy) is 2. The Kier molecular flexibility index (Phi) is 4.78. The van der Waals surface area contributed by atoms with Gasteiger partial charge in [-0.15, -0.1) is 11.3 Å². The summed E-state index contributed by atoms with van der Waals surface area (Å²) in [6.45, 7) is 5.34. The third-order valence-electron chi connectivity index (χ3n) is 4.12. The van der Waals surface area contributed by atoms with Gasteiger partial charge >= 0.3 is 5.97 Å². The first-order valence-corrected chi connectivity index (χ1v) is 8.68. The maximum atomic E-state index is 14.0. The Morgan fingerprint density at radius 2 is 2.08 bits per heavy atom. The molecule has 0 aliphatic carbocycles. The Labute approximate surface area is 152 Å². The molecular formula is C18H17FN2O4S. The number of halogens is 1. The van der Waals surface area contributed by atoms with E-state index in [1.165, 1.54) is 30.6 Å². The van der Waals surface area contributed by atoms with Crippen molar-refractivity contribution in [1.82, 2.24) is 9.97 Å². The quantitative estimate of drug-likeness (QED) is 0.703. The zero-order valence-corrected chi connectivity index (χ0v) is 15.5. The zero-order chi connectivity index (χ0) is 19.0. The SMILES string of the molecule is COc1ccc(C(=O)O[C@H](C)c2nc3sc(C)c(C)c3c(=O)[nH]2)c(F)c1. The molecule has 0 radical (unpaired) electrons. The second-order valence-electron chi connectivity index (χ2n) is 5.81. The Bertz CT molecular complexity index is 1060. The lowest BCUT2D eigenvalue weighted by molar-refractivity contribution is 0.0314. The van der Waals surface area contributed by atoms with Crippen molar-refractivity contribution in [3.8, 4) is 5.75 Å². The number of H-pyrrole nitrogens is 1. The first-order chi connectivity index (χ1) is 12.3. The molecule has 136 valence electrons. The summed E-state index contributed by atoms with van der Waals surface area (Å²) >= 11 is 1.40. The molecule has 26 heavy (non-hydrogen) atoms. The number of rotatable bonds is 4. The van der Waals surface area contributed by atoms with Crippen LogP contribution in [-0.4, -0.2) is 23.0 Å². The molecule has 3 aromatic rings. The van der Waals surface area contributed by atoms with E-state index in [9.17, 15) is 14.0 Å². The van der Waals surface area contributed by atoms with Crippen molar-refractivity contribution in [2.75, 3.05) is 7.11 Å².